The molecule has 0 aromatic heterocycles. The molecule has 0 aromatic rings. The van der Waals surface area contributed by atoms with Gasteiger partial charge in [-0.25, -0.2) is 4.67 Å². The van der Waals surface area contributed by atoms with E-state index < -0.39 is 161 Å². The van der Waals surface area contributed by atoms with E-state index in [1.54, 1.807) is 13.8 Å². The van der Waals surface area contributed by atoms with Crippen molar-refractivity contribution in [3.63, 3.8) is 0 Å². The molecule has 0 radical (unpaired) electrons. The molecule has 15 N–H and O–H groups in total. The van der Waals surface area contributed by atoms with Crippen molar-refractivity contribution in [2.24, 2.45) is 23.5 Å². The fraction of sp³-hybridized carbons (Fsp3) is 0.860. The van der Waals surface area contributed by atoms with Crippen molar-refractivity contribution in [2.75, 3.05) is 113 Å². The maximum atomic E-state index is 12.3. The number of esters is 6. The van der Waals surface area contributed by atoms with E-state index >= 15 is 0 Å². The first kappa shape index (κ1) is 141. The first-order valence-corrected chi connectivity index (χ1v) is 53.2. The summed E-state index contributed by atoms with van der Waals surface area (Å²) in [4.78, 5) is 150. The number of unbranched alkanes of at least 4 members (excludes halogenated alkanes) is 17. The van der Waals surface area contributed by atoms with Crippen LogP contribution in [0.1, 0.15) is 311 Å². The van der Waals surface area contributed by atoms with Crippen molar-refractivity contribution < 1.29 is 178 Å². The Morgan fingerprint density at radius 2 is 0.728 bits per heavy atom. The molecule has 0 aliphatic carbocycles. The minimum Gasteiger partial charge on any atom is -0.481 e. The van der Waals surface area contributed by atoms with Crippen molar-refractivity contribution in [3.8, 4) is 6.07 Å². The highest BCUT2D eigenvalue weighted by atomic mass is 31.2. The number of rotatable bonds is 68. The number of aliphatic carboxylic acids is 1. The predicted molar refractivity (Wildman–Crippen MR) is 539 cm³/mol. The highest BCUT2D eigenvalue weighted by Crippen LogP contribution is 2.46. The van der Waals surface area contributed by atoms with E-state index in [1.165, 1.54) is 69.4 Å². The highest BCUT2D eigenvalue weighted by molar-refractivity contribution is 7.44. The summed E-state index contributed by atoms with van der Waals surface area (Å²) < 4.78 is 96.5. The Bertz CT molecular complexity index is 3580. The maximum absolute atomic E-state index is 12.3. The fourth-order valence-corrected chi connectivity index (χ4v) is 17.1. The van der Waals surface area contributed by atoms with Crippen LogP contribution in [0, 0.1) is 29.1 Å². The van der Waals surface area contributed by atoms with E-state index in [4.69, 9.17) is 112 Å². The van der Waals surface area contributed by atoms with Gasteiger partial charge in [0.2, 0.25) is 35.4 Å². The van der Waals surface area contributed by atoms with Gasteiger partial charge in [0.05, 0.1) is 50.5 Å². The number of nitrogens with one attached hydrogen (secondary N) is 6. The molecule has 4 heterocycles. The van der Waals surface area contributed by atoms with Gasteiger partial charge >= 0.3 is 41.8 Å². The summed E-state index contributed by atoms with van der Waals surface area (Å²) >= 11 is 0. The molecule has 856 valence electrons. The Labute approximate surface area is 871 Å². The number of nitrogens with two attached hydrogens (primary N) is 1. The fourth-order valence-electron chi connectivity index (χ4n) is 15.5. The van der Waals surface area contributed by atoms with Crippen LogP contribution >= 0.6 is 8.53 Å². The number of amides is 6. The quantitative estimate of drug-likeness (QED) is 0.00948. The summed E-state index contributed by atoms with van der Waals surface area (Å²) in [5.41, 5.74) is 5.25. The lowest BCUT2D eigenvalue weighted by Gasteiger charge is -2.44. The van der Waals surface area contributed by atoms with Crippen LogP contribution in [0.25, 0.3) is 0 Å². The lowest BCUT2D eigenvalue weighted by molar-refractivity contribution is -0.282. The van der Waals surface area contributed by atoms with E-state index in [0.29, 0.717) is 123 Å². The summed E-state index contributed by atoms with van der Waals surface area (Å²) in [6.07, 6.45) is 8.83. The molecule has 4 fully saturated rings. The van der Waals surface area contributed by atoms with Crippen molar-refractivity contribution in [2.45, 2.75) is 427 Å². The van der Waals surface area contributed by atoms with Gasteiger partial charge < -0.3 is 153 Å². The minimum absolute atomic E-state index is 0.0128. The van der Waals surface area contributed by atoms with Crippen LogP contribution in [0.5, 0.6) is 0 Å². The van der Waals surface area contributed by atoms with Gasteiger partial charge in [0.25, 0.3) is 8.53 Å². The molecule has 18 unspecified atom stereocenters. The molecule has 147 heavy (non-hydrogen) atoms. The molecule has 21 atom stereocenters. The Kier molecular flexibility index (Phi) is 84.4. The maximum Gasteiger partial charge on any atom is 0.303 e. The Hall–Kier alpha value is -7.73. The Balaban J connectivity index is 0. The number of aliphatic hydroxyl groups is 6. The number of aliphatic hydroxyl groups excluding tert-OH is 6. The number of carbonyl (C=O) groups is 13. The van der Waals surface area contributed by atoms with Crippen LogP contribution in [0.3, 0.4) is 0 Å². The van der Waals surface area contributed by atoms with Crippen LogP contribution in [-0.4, -0.2) is 347 Å². The first-order valence-electron chi connectivity index (χ1n) is 52.1. The third kappa shape index (κ3) is 68.0. The van der Waals surface area contributed by atoms with Crippen molar-refractivity contribution in [3.05, 3.63) is 0 Å². The molecule has 4 saturated heterocycles. The Morgan fingerprint density at radius 1 is 0.395 bits per heavy atom. The lowest BCUT2D eigenvalue weighted by Crippen LogP contribution is -2.65. The third-order valence-electron chi connectivity index (χ3n) is 22.8. The number of carbonyl (C=O) groups excluding carboxylic acids is 12. The van der Waals surface area contributed by atoms with Crippen LogP contribution in [0.15, 0.2) is 0 Å². The van der Waals surface area contributed by atoms with Crippen molar-refractivity contribution in [1.29, 1.82) is 5.26 Å². The molecule has 4 aliphatic heterocycles. The molecule has 0 aromatic carbocycles. The number of nitrogens with zero attached hydrogens (tertiary/aromatic N) is 2. The molecule has 0 spiro atoms. The largest absolute Gasteiger partial charge is 0.481 e. The zero-order valence-corrected chi connectivity index (χ0v) is 91.7. The summed E-state index contributed by atoms with van der Waals surface area (Å²) in [7, 11) is 0.292. The second-order valence-electron chi connectivity index (χ2n) is 36.4. The number of hydrogen-bond donors (Lipinski definition) is 14. The molecule has 47 heteroatoms. The number of methoxy groups -OCH3 is 1. The number of carboxylic acids is 1. The van der Waals surface area contributed by atoms with E-state index in [1.807, 2.05) is 20.8 Å². The standard InChI is InChI=1S/C33H59N4O11P.C25H44N2O9.C19H31NO9.C15H29NO7.C6H15NO.C2H6/c1-23(2)37(24(3)4)49(46-21-15-17-34)45-20-14-9-8-12-18-35-29(41)16-11-10-13-19-43-33-30(36-25(5)38)31(42)32(47-27(7)40)28(48-33)22-44-26(6)39;1-17-23(27-18(2)29)25(36-21(16-34-19(3)30)24(17)35-20(4)31)33-15-11-7-8-12-22(32)26-13-9-5-6-10-14-28;1-11-17(20-12(2)21)19(26-9-7-5-6-8-16(24)25)29-15(10-27-13(3)22)18(11)28-14(4)23;1-10-13(19)14(20)11(8-17)23-15(10)22-7-5-3-4-6-12(18)16-9-21-2;7-5-3-1-2-4-6-8;1-2/h23-24,28,30-33,42H,8-16,18-22H2,1-7H3,(H,35,41)(H,36,38);17,21,23-25,28H,5-16H2,1-4H3,(H,26,32)(H,27,29);11,15,17-19H,5-10H2,1-4H3,(H,20,21)(H,24,25);10-11,13-15,17,19-20H,3-9H2,1-2H3,(H,16,18);8H,1-7H2;1-2H3/t;;;10?,11?,13-,14+,15-;;/m...1../s1. The zero-order valence-electron chi connectivity index (χ0n) is 90.8. The van der Waals surface area contributed by atoms with E-state index in [9.17, 15) is 77.6 Å². The van der Waals surface area contributed by atoms with E-state index in [-0.39, 0.29) is 112 Å². The van der Waals surface area contributed by atoms with Gasteiger partial charge in [0, 0.05) is 178 Å². The van der Waals surface area contributed by atoms with Crippen molar-refractivity contribution in [1.82, 2.24) is 36.6 Å². The molecule has 0 bridgehead atoms. The number of ether oxygens (including phenoxy) is 15. The lowest BCUT2D eigenvalue weighted by atomic mass is 9.88. The van der Waals surface area contributed by atoms with Gasteiger partial charge in [-0.15, -0.1) is 0 Å². The number of hydrogen-bond acceptors (Lipinski definition) is 39. The monoisotopic (exact) mass is 2130 g/mol. The van der Waals surface area contributed by atoms with Gasteiger partial charge in [-0.3, -0.25) is 62.3 Å². The summed E-state index contributed by atoms with van der Waals surface area (Å²) in [6.45, 7) is 33.4. The second-order valence-corrected chi connectivity index (χ2v) is 37.9. The first-order chi connectivity index (χ1) is 70.0. The molecule has 0 saturated carbocycles. The number of carboxylic acid groups (broad SMARTS) is 1. The second kappa shape index (κ2) is 87.8. The van der Waals surface area contributed by atoms with Crippen LogP contribution in [0.2, 0.25) is 0 Å². The van der Waals surface area contributed by atoms with Gasteiger partial charge in [-0.2, -0.15) is 5.26 Å². The topological polar surface area (TPSA) is 646 Å². The van der Waals surface area contributed by atoms with Gasteiger partial charge in [0.15, 0.2) is 31.3 Å². The summed E-state index contributed by atoms with van der Waals surface area (Å²) in [5, 5.41) is 91.0. The highest BCUT2D eigenvalue weighted by Gasteiger charge is 2.51. The average molecular weight is 2140 g/mol. The molecular weight excluding hydrogens is 1950 g/mol. The van der Waals surface area contributed by atoms with Gasteiger partial charge in [-0.05, 0) is 124 Å². The summed E-state index contributed by atoms with van der Waals surface area (Å²) in [5.74, 6) is -6.23. The Morgan fingerprint density at radius 3 is 1.09 bits per heavy atom. The average Bonchev–Trinajstić information content (AvgIpc) is 0.800. The van der Waals surface area contributed by atoms with Gasteiger partial charge in [0.1, 0.15) is 81.4 Å². The number of nitriles is 1. The van der Waals surface area contributed by atoms with Gasteiger partial charge in [-0.1, -0.05) is 98.8 Å². The van der Waals surface area contributed by atoms with Crippen LogP contribution < -0.4 is 37.6 Å². The van der Waals surface area contributed by atoms with E-state index in [2.05, 4.69) is 70.3 Å². The smallest absolute Gasteiger partial charge is 0.303 e. The molecule has 46 nitrogen and oxygen atoms in total. The molecule has 4 rings (SSSR count). The zero-order chi connectivity index (χ0) is 111. The van der Waals surface area contributed by atoms with Crippen molar-refractivity contribution >= 4 is 85.8 Å². The summed E-state index contributed by atoms with van der Waals surface area (Å²) in [6, 6.07) is 0.460. The minimum atomic E-state index is -1.37. The van der Waals surface area contributed by atoms with E-state index in [0.717, 1.165) is 116 Å². The SMILES string of the molecule is CC.CC(=O)NC1C(OCCCCCC(=O)NCCCCCCO)OC(COC(C)=O)C(OC(C)=O)C1C.CC(=O)NC1C(OCCCCCC(=O)NCCCCCCOP(OCCC#N)N(C(C)C)C(C)C)OC(COC(C)=O)C(OC(C)=O)C1O.CC(=O)NC1C(OCCCCCC(=O)O)OC(COC(C)=O)C(OC(C)=O)C1C.COCNC(=O)CCCCCO[C@@H]1OC(CO)[C@H](O)[C@H](O)C1C.NCCCCCCO. The predicted octanol–water partition coefficient (Wildman–Crippen LogP) is 7.10. The molecule has 6 amide bonds. The van der Waals surface area contributed by atoms with Crippen LogP contribution in [0.4, 0.5) is 0 Å². The normalized spacial score (nSPS) is 23.5. The molecular formula is C100H184N9O37P. The molecule has 4 aliphatic rings. The third-order valence-corrected chi connectivity index (χ3v) is 24.9. The van der Waals surface area contributed by atoms with Crippen LogP contribution in [-0.2, 0) is 142 Å².